The van der Waals surface area contributed by atoms with Gasteiger partial charge in [-0.3, -0.25) is 0 Å². The van der Waals surface area contributed by atoms with Gasteiger partial charge in [-0.1, -0.05) is 0 Å². The average molecular weight is 399 g/mol. The second kappa shape index (κ2) is 13.3. The van der Waals surface area contributed by atoms with Gasteiger partial charge in [-0.2, -0.15) is 0 Å². The zero-order valence-electron chi connectivity index (χ0n) is 11.0. The summed E-state index contributed by atoms with van der Waals surface area (Å²) in [6.45, 7) is 4.32. The molecule has 1 radical (unpaired) electrons. The summed E-state index contributed by atoms with van der Waals surface area (Å²) in [7, 11) is 0. The zero-order chi connectivity index (χ0) is 13.4. The molecule has 0 aromatic carbocycles. The minimum atomic E-state index is 0. The molecule has 0 saturated carbocycles. The number of nitrogens with zero attached hydrogens (tertiary/aromatic N) is 2. The molecule has 2 aliphatic rings. The third kappa shape index (κ3) is 11.3. The summed E-state index contributed by atoms with van der Waals surface area (Å²) < 4.78 is 0.911. The molecule has 2 heterocycles. The Morgan fingerprint density at radius 3 is 1.20 bits per heavy atom. The van der Waals surface area contributed by atoms with Gasteiger partial charge in [0.2, 0.25) is 0 Å². The van der Waals surface area contributed by atoms with E-state index in [4.69, 9.17) is 49.7 Å². The van der Waals surface area contributed by atoms with E-state index in [-0.39, 0.29) is 22.3 Å². The molecule has 5 nitrogen and oxygen atoms in total. The molecule has 0 atom stereocenters. The van der Waals surface area contributed by atoms with Crippen molar-refractivity contribution in [2.24, 2.45) is 0 Å². The van der Waals surface area contributed by atoms with Crippen molar-refractivity contribution >= 4 is 58.3 Å². The fourth-order valence-electron chi connectivity index (χ4n) is 1.92. The van der Waals surface area contributed by atoms with E-state index in [1.807, 2.05) is 0 Å². The first-order chi connectivity index (χ1) is 8.58. The first-order valence-corrected chi connectivity index (χ1v) is 7.66. The molecule has 0 amide bonds. The van der Waals surface area contributed by atoms with Gasteiger partial charge in [-0.05, 0) is 34.3 Å². The van der Waals surface area contributed by atoms with E-state index in [1.165, 1.54) is 25.7 Å². The third-order valence-corrected chi connectivity index (χ3v) is 3.08. The van der Waals surface area contributed by atoms with Crippen LogP contribution in [0.25, 0.3) is 0 Å². The van der Waals surface area contributed by atoms with Gasteiger partial charge in [0.1, 0.15) is 0 Å². The predicted molar refractivity (Wildman–Crippen MR) is 91.4 cm³/mol. The number of hydrogen-bond acceptors (Lipinski definition) is 6. The summed E-state index contributed by atoms with van der Waals surface area (Å²) in [4.78, 5) is 0. The van der Waals surface area contributed by atoms with E-state index in [9.17, 15) is 0 Å². The topological polar surface area (TPSA) is 62.0 Å². The minimum absolute atomic E-state index is 0. The molecular weight excluding hydrogens is 379 g/mol. The molecule has 0 spiro atoms. The molecule has 0 bridgehead atoms. The average Bonchev–Trinajstić information content (AvgIpc) is 2.90. The Kier molecular flexibility index (Phi) is 15.2. The van der Waals surface area contributed by atoms with Crippen LogP contribution >= 0.6 is 24.4 Å². The Bertz CT molecular complexity index is 258. The summed E-state index contributed by atoms with van der Waals surface area (Å²) >= 11 is 18.8. The van der Waals surface area contributed by atoms with Gasteiger partial charge in [-0.25, -0.2) is 10.0 Å². The first kappa shape index (κ1) is 22.9. The van der Waals surface area contributed by atoms with Crippen LogP contribution in [0.4, 0.5) is 0 Å². The molecule has 119 valence electrons. The van der Waals surface area contributed by atoms with E-state index in [0.29, 0.717) is 8.64 Å². The van der Waals surface area contributed by atoms with Gasteiger partial charge in [-0.15, -0.1) is 0 Å². The van der Waals surface area contributed by atoms with Gasteiger partial charge in [0.05, 0.1) is 0 Å². The normalized spacial score (nSPS) is 18.0. The molecule has 0 aromatic rings. The number of hydrogen-bond donors (Lipinski definition) is 2. The number of thiocarbonyl (C=S) groups is 2. The largest absolute Gasteiger partial charge is 2.00 e. The van der Waals surface area contributed by atoms with Crippen molar-refractivity contribution in [1.82, 2.24) is 20.9 Å². The Morgan fingerprint density at radius 2 is 1.00 bits per heavy atom. The molecule has 20 heavy (non-hydrogen) atoms. The smallest absolute Gasteiger partial charge is 0.412 e. The van der Waals surface area contributed by atoms with Gasteiger partial charge < -0.3 is 66.0 Å². The summed E-state index contributed by atoms with van der Waals surface area (Å²) in [5.41, 5.74) is 5.84. The maximum absolute atomic E-state index is 4.69. The monoisotopic (exact) mass is 399 g/mol. The number of rotatable bonds is 2. The van der Waals surface area contributed by atoms with Crippen LogP contribution in [0.15, 0.2) is 0 Å². The summed E-state index contributed by atoms with van der Waals surface area (Å²) in [6, 6.07) is 0. The van der Waals surface area contributed by atoms with Crippen molar-refractivity contribution in [3.05, 3.63) is 0 Å². The van der Waals surface area contributed by atoms with Crippen molar-refractivity contribution in [2.45, 2.75) is 25.7 Å². The standard InChI is InChI=1S/2C5H10N2S2.Co.H2O/c2*8-5(9)6-7-3-1-2-4-7;;/h2*1-4H2,(H2,6,8,9);;1H2/q;;+2;/p-2. The van der Waals surface area contributed by atoms with Crippen molar-refractivity contribution < 1.29 is 22.3 Å². The van der Waals surface area contributed by atoms with Crippen molar-refractivity contribution in [3.8, 4) is 0 Å². The van der Waals surface area contributed by atoms with Crippen LogP contribution < -0.4 is 10.9 Å². The van der Waals surface area contributed by atoms with Crippen molar-refractivity contribution in [2.75, 3.05) is 26.2 Å². The molecule has 2 fully saturated rings. The molecule has 2 aliphatic heterocycles. The Balaban J connectivity index is 0. The molecule has 10 heteroatoms. The third-order valence-electron chi connectivity index (χ3n) is 2.71. The van der Waals surface area contributed by atoms with Gasteiger partial charge in [0.25, 0.3) is 0 Å². The first-order valence-electron chi connectivity index (χ1n) is 6.03. The maximum atomic E-state index is 4.69. The Morgan fingerprint density at radius 1 is 0.750 bits per heavy atom. The fraction of sp³-hybridized carbons (Fsp3) is 0.800. The molecular formula is C10H20CoN4OS4. The van der Waals surface area contributed by atoms with Crippen LogP contribution in [0.5, 0.6) is 0 Å². The minimum Gasteiger partial charge on any atom is -0.412 e. The quantitative estimate of drug-likeness (QED) is 0.498. The molecule has 0 aromatic heterocycles. The van der Waals surface area contributed by atoms with Crippen molar-refractivity contribution in [3.63, 3.8) is 0 Å². The molecule has 0 aliphatic carbocycles. The number of nitrogens with one attached hydrogen (secondary N) is 2. The van der Waals surface area contributed by atoms with Gasteiger partial charge in [0, 0.05) is 26.2 Å². The van der Waals surface area contributed by atoms with Crippen LogP contribution in [-0.2, 0) is 42.0 Å². The van der Waals surface area contributed by atoms with Crippen LogP contribution in [-0.4, -0.2) is 50.3 Å². The van der Waals surface area contributed by atoms with Gasteiger partial charge in [0.15, 0.2) is 0 Å². The molecule has 0 unspecified atom stereocenters. The van der Waals surface area contributed by atoms with Gasteiger partial charge >= 0.3 is 16.8 Å². The van der Waals surface area contributed by atoms with Crippen LogP contribution in [0, 0.1) is 0 Å². The van der Waals surface area contributed by atoms with E-state index < -0.39 is 0 Å². The van der Waals surface area contributed by atoms with E-state index >= 15 is 0 Å². The van der Waals surface area contributed by atoms with E-state index in [2.05, 4.69) is 20.9 Å². The van der Waals surface area contributed by atoms with E-state index in [0.717, 1.165) is 26.2 Å². The SMILES string of the molecule is O.S=C([S-])NN1CCCC1.S=C([S-])NN1CCCC1.[Co+2]. The number of hydrazine groups is 2. The van der Waals surface area contributed by atoms with E-state index in [1.54, 1.807) is 0 Å². The molecule has 4 N–H and O–H groups in total. The maximum Gasteiger partial charge on any atom is 2.00 e. The Hall–Kier alpha value is 0.606. The Labute approximate surface area is 152 Å². The second-order valence-corrected chi connectivity index (χ2v) is 6.34. The summed E-state index contributed by atoms with van der Waals surface area (Å²) in [6.07, 6.45) is 5.02. The fourth-order valence-corrected chi connectivity index (χ4v) is 2.43. The predicted octanol–water partition coefficient (Wildman–Crippen LogP) is 0.0100. The summed E-state index contributed by atoms with van der Waals surface area (Å²) in [5.74, 6) is 0. The van der Waals surface area contributed by atoms with Crippen LogP contribution in [0.3, 0.4) is 0 Å². The summed E-state index contributed by atoms with van der Waals surface area (Å²) in [5, 5.41) is 4.13. The van der Waals surface area contributed by atoms with Crippen molar-refractivity contribution in [1.29, 1.82) is 0 Å². The molecule has 2 rings (SSSR count). The second-order valence-electron chi connectivity index (χ2n) is 4.19. The zero-order valence-corrected chi connectivity index (χ0v) is 15.3. The van der Waals surface area contributed by atoms with Crippen LogP contribution in [0.2, 0.25) is 0 Å². The molecule has 2 saturated heterocycles. The van der Waals surface area contributed by atoms with Crippen LogP contribution in [0.1, 0.15) is 25.7 Å².